The monoisotopic (exact) mass is 461 g/mol. The quantitative estimate of drug-likeness (QED) is 0.609. The molecule has 0 radical (unpaired) electrons. The molecule has 3 rings (SSSR count). The first-order valence-corrected chi connectivity index (χ1v) is 10.1. The molecule has 0 N–H and O–H groups in total. The van der Waals surface area contributed by atoms with Gasteiger partial charge in [0.25, 0.3) is 5.91 Å². The smallest absolute Gasteiger partial charge is 0.266 e. The molecular formula is C21H18ClN2O6S-. The van der Waals surface area contributed by atoms with Gasteiger partial charge in [-0.15, -0.1) is 0 Å². The van der Waals surface area contributed by atoms with Gasteiger partial charge in [-0.2, -0.15) is 0 Å². The number of carboxylic acids is 1. The normalized spacial score (nSPS) is 16.2. The number of rotatable bonds is 6. The predicted octanol–water partition coefficient (Wildman–Crippen LogP) is 2.96. The number of ether oxygens (including phenoxy) is 3. The van der Waals surface area contributed by atoms with Gasteiger partial charge in [0.1, 0.15) is 0 Å². The summed E-state index contributed by atoms with van der Waals surface area (Å²) in [6, 6.07) is 7.72. The third-order valence-corrected chi connectivity index (χ3v) is 5.77. The Balaban J connectivity index is 1.97. The number of aliphatic imine (C=N–C) groups is 1. The largest absolute Gasteiger partial charge is 0.545 e. The van der Waals surface area contributed by atoms with Gasteiger partial charge in [0.15, 0.2) is 16.7 Å². The number of carbonyl (C=O) groups excluding carboxylic acids is 2. The van der Waals surface area contributed by atoms with Crippen molar-refractivity contribution in [2.75, 3.05) is 28.4 Å². The highest BCUT2D eigenvalue weighted by atomic mass is 35.5. The number of carboxylic acid groups (broad SMARTS) is 1. The van der Waals surface area contributed by atoms with Crippen LogP contribution in [0.2, 0.25) is 5.02 Å². The zero-order valence-corrected chi connectivity index (χ0v) is 18.7. The van der Waals surface area contributed by atoms with Crippen LogP contribution in [0.3, 0.4) is 0 Å². The summed E-state index contributed by atoms with van der Waals surface area (Å²) in [6.45, 7) is 0. The number of benzene rings is 2. The van der Waals surface area contributed by atoms with E-state index in [1.807, 2.05) is 0 Å². The second-order valence-electron chi connectivity index (χ2n) is 6.28. The maximum Gasteiger partial charge on any atom is 0.266 e. The minimum atomic E-state index is -1.40. The highest BCUT2D eigenvalue weighted by molar-refractivity contribution is 8.18. The van der Waals surface area contributed by atoms with Gasteiger partial charge >= 0.3 is 0 Å². The van der Waals surface area contributed by atoms with Crippen molar-refractivity contribution in [3.8, 4) is 17.2 Å². The van der Waals surface area contributed by atoms with E-state index in [4.69, 9.17) is 25.8 Å². The first-order valence-electron chi connectivity index (χ1n) is 8.86. The Hall–Kier alpha value is -3.17. The summed E-state index contributed by atoms with van der Waals surface area (Å²) in [5.41, 5.74) is 0.833. The van der Waals surface area contributed by atoms with Crippen LogP contribution in [0.1, 0.15) is 15.9 Å². The molecule has 0 unspecified atom stereocenters. The molecule has 0 aliphatic carbocycles. The molecule has 0 aromatic heterocycles. The van der Waals surface area contributed by atoms with Crippen molar-refractivity contribution >= 4 is 52.2 Å². The van der Waals surface area contributed by atoms with E-state index < -0.39 is 5.97 Å². The van der Waals surface area contributed by atoms with E-state index in [2.05, 4.69) is 4.99 Å². The molecule has 0 atom stereocenters. The fourth-order valence-electron chi connectivity index (χ4n) is 2.84. The molecule has 2 aromatic carbocycles. The highest BCUT2D eigenvalue weighted by Crippen LogP contribution is 2.40. The molecule has 31 heavy (non-hydrogen) atoms. The molecule has 10 heteroatoms. The van der Waals surface area contributed by atoms with Crippen LogP contribution >= 0.6 is 23.4 Å². The van der Waals surface area contributed by atoms with Crippen molar-refractivity contribution in [1.82, 2.24) is 4.90 Å². The number of amidine groups is 1. The number of thioether (sulfide) groups is 1. The topological polar surface area (TPSA) is 100 Å². The Morgan fingerprint density at radius 1 is 1.13 bits per heavy atom. The molecule has 2 aromatic rings. The number of amides is 1. The van der Waals surface area contributed by atoms with Crippen LogP contribution in [0.25, 0.3) is 6.08 Å². The van der Waals surface area contributed by atoms with Crippen molar-refractivity contribution in [1.29, 1.82) is 0 Å². The molecule has 162 valence electrons. The van der Waals surface area contributed by atoms with E-state index in [-0.39, 0.29) is 16.5 Å². The second kappa shape index (κ2) is 9.32. The van der Waals surface area contributed by atoms with E-state index in [9.17, 15) is 14.7 Å². The van der Waals surface area contributed by atoms with Gasteiger partial charge in [-0.1, -0.05) is 11.6 Å². The predicted molar refractivity (Wildman–Crippen MR) is 117 cm³/mol. The van der Waals surface area contributed by atoms with Crippen molar-refractivity contribution in [2.45, 2.75) is 0 Å². The first-order chi connectivity index (χ1) is 14.8. The van der Waals surface area contributed by atoms with E-state index in [0.29, 0.717) is 38.6 Å². The summed E-state index contributed by atoms with van der Waals surface area (Å²) in [5, 5.41) is 11.6. The second-order valence-corrected chi connectivity index (χ2v) is 7.70. The van der Waals surface area contributed by atoms with Crippen molar-refractivity contribution in [2.24, 2.45) is 4.99 Å². The summed E-state index contributed by atoms with van der Waals surface area (Å²) < 4.78 is 16.0. The number of methoxy groups -OCH3 is 3. The van der Waals surface area contributed by atoms with Crippen LogP contribution < -0.4 is 19.3 Å². The maximum absolute atomic E-state index is 12.7. The van der Waals surface area contributed by atoms with Gasteiger partial charge in [0, 0.05) is 17.6 Å². The van der Waals surface area contributed by atoms with Crippen LogP contribution in [0.15, 0.2) is 40.2 Å². The van der Waals surface area contributed by atoms with E-state index in [0.717, 1.165) is 11.8 Å². The minimum Gasteiger partial charge on any atom is -0.545 e. The maximum atomic E-state index is 12.7. The lowest BCUT2D eigenvalue weighted by Crippen LogP contribution is -2.24. The molecule has 1 saturated heterocycles. The minimum absolute atomic E-state index is 0.0513. The van der Waals surface area contributed by atoms with Gasteiger partial charge in [-0.05, 0) is 53.7 Å². The Labute approximate surface area is 188 Å². The highest BCUT2D eigenvalue weighted by Gasteiger charge is 2.30. The number of hydrogen-bond donors (Lipinski definition) is 0. The molecule has 0 bridgehead atoms. The number of likely N-dealkylation sites (N-methyl/N-ethyl adjacent to an activating group) is 1. The van der Waals surface area contributed by atoms with Crippen LogP contribution in [-0.4, -0.2) is 50.3 Å². The molecule has 1 amide bonds. The lowest BCUT2D eigenvalue weighted by molar-refractivity contribution is -0.255. The Morgan fingerprint density at radius 2 is 1.77 bits per heavy atom. The SMILES string of the molecule is COc1cc(/C=C2\SC(=Nc3ccc(Cl)c(C(=O)[O-])c3)N(C)C2=O)cc(OC)c1OC. The molecule has 8 nitrogen and oxygen atoms in total. The van der Waals surface area contributed by atoms with Gasteiger partial charge in [-0.25, -0.2) is 4.99 Å². The molecule has 0 saturated carbocycles. The van der Waals surface area contributed by atoms with Crippen LogP contribution in [0.4, 0.5) is 5.69 Å². The zero-order valence-electron chi connectivity index (χ0n) is 17.1. The van der Waals surface area contributed by atoms with Crippen LogP contribution in [-0.2, 0) is 4.79 Å². The van der Waals surface area contributed by atoms with E-state index in [1.54, 1.807) is 31.3 Å². The van der Waals surface area contributed by atoms with Crippen molar-refractivity contribution in [3.63, 3.8) is 0 Å². The summed E-state index contributed by atoms with van der Waals surface area (Å²) in [6.07, 6.45) is 1.69. The lowest BCUT2D eigenvalue weighted by Gasteiger charge is -2.13. The summed E-state index contributed by atoms with van der Waals surface area (Å²) in [7, 11) is 6.11. The Kier molecular flexibility index (Phi) is 6.77. The fraction of sp³-hybridized carbons (Fsp3) is 0.190. The van der Waals surface area contributed by atoms with Gasteiger partial charge < -0.3 is 24.1 Å². The number of hydrogen-bond acceptors (Lipinski definition) is 8. The lowest BCUT2D eigenvalue weighted by atomic mass is 10.1. The third kappa shape index (κ3) is 4.62. The molecule has 1 fully saturated rings. The number of halogens is 1. The fourth-order valence-corrected chi connectivity index (χ4v) is 4.02. The number of aromatic carboxylic acids is 1. The Bertz CT molecular complexity index is 1090. The first kappa shape index (κ1) is 22.5. The average Bonchev–Trinajstić information content (AvgIpc) is 3.01. The van der Waals surface area contributed by atoms with Gasteiger partial charge in [0.2, 0.25) is 5.75 Å². The molecule has 0 spiro atoms. The van der Waals surface area contributed by atoms with E-state index >= 15 is 0 Å². The number of nitrogens with zero attached hydrogens (tertiary/aromatic N) is 2. The van der Waals surface area contributed by atoms with Crippen molar-refractivity contribution in [3.05, 3.63) is 51.4 Å². The summed E-state index contributed by atoms with van der Waals surface area (Å²) in [4.78, 5) is 30.1. The standard InChI is InChI=1S/C21H19ClN2O6S/c1-24-19(25)17(9-11-7-15(28-2)18(30-4)16(8-11)29-3)31-21(24)23-12-5-6-14(22)13(10-12)20(26)27/h5-10H,1-4H3,(H,26,27)/p-1/b17-9-,23-21?. The van der Waals surface area contributed by atoms with Gasteiger partial charge in [0.05, 0.1) is 37.9 Å². The third-order valence-electron chi connectivity index (χ3n) is 4.38. The molecule has 1 aliphatic rings. The summed E-state index contributed by atoms with van der Waals surface area (Å²) >= 11 is 7.02. The molecule has 1 aliphatic heterocycles. The molecule has 1 heterocycles. The Morgan fingerprint density at radius 3 is 2.32 bits per heavy atom. The van der Waals surface area contributed by atoms with E-state index in [1.165, 1.54) is 38.4 Å². The van der Waals surface area contributed by atoms with Crippen molar-refractivity contribution < 1.29 is 28.9 Å². The van der Waals surface area contributed by atoms with Crippen LogP contribution in [0.5, 0.6) is 17.2 Å². The van der Waals surface area contributed by atoms with Gasteiger partial charge in [-0.3, -0.25) is 9.69 Å². The zero-order chi connectivity index (χ0) is 22.7. The summed E-state index contributed by atoms with van der Waals surface area (Å²) in [5.74, 6) is -0.293. The van der Waals surface area contributed by atoms with Crippen LogP contribution in [0, 0.1) is 0 Å². The number of carbonyl (C=O) groups is 2. The average molecular weight is 462 g/mol. The molecular weight excluding hydrogens is 444 g/mol.